The van der Waals surface area contributed by atoms with E-state index in [-0.39, 0.29) is 11.9 Å². The summed E-state index contributed by atoms with van der Waals surface area (Å²) < 4.78 is 4.92. The Balaban J connectivity index is 2.09. The molecule has 0 heterocycles. The van der Waals surface area contributed by atoms with Gasteiger partial charge >= 0.3 is 0 Å². The summed E-state index contributed by atoms with van der Waals surface area (Å²) in [5, 5.41) is 6.29. The Morgan fingerprint density at radius 1 is 1.44 bits per heavy atom. The fourth-order valence-electron chi connectivity index (χ4n) is 2.10. The van der Waals surface area contributed by atoms with Crippen LogP contribution in [0.15, 0.2) is 0 Å². The third kappa shape index (κ3) is 4.94. The van der Waals surface area contributed by atoms with Crippen LogP contribution in [0.1, 0.15) is 39.0 Å². The van der Waals surface area contributed by atoms with Crippen molar-refractivity contribution in [2.45, 2.75) is 51.1 Å². The second kappa shape index (κ2) is 7.63. The van der Waals surface area contributed by atoms with Crippen molar-refractivity contribution in [3.05, 3.63) is 0 Å². The highest BCUT2D eigenvalue weighted by Gasteiger charge is 2.20. The molecule has 0 bridgehead atoms. The third-order valence-corrected chi connectivity index (χ3v) is 3.06. The normalized spacial score (nSPS) is 18.6. The van der Waals surface area contributed by atoms with Crippen LogP contribution in [0.4, 0.5) is 0 Å². The highest BCUT2D eigenvalue weighted by Crippen LogP contribution is 2.17. The van der Waals surface area contributed by atoms with E-state index in [1.54, 1.807) is 7.11 Å². The largest absolute Gasteiger partial charge is 0.385 e. The van der Waals surface area contributed by atoms with E-state index in [0.717, 1.165) is 6.42 Å². The molecule has 0 radical (unpaired) electrons. The van der Waals surface area contributed by atoms with Gasteiger partial charge in [-0.25, -0.2) is 0 Å². The van der Waals surface area contributed by atoms with Crippen molar-refractivity contribution in [3.8, 4) is 0 Å². The zero-order valence-electron chi connectivity index (χ0n) is 10.4. The number of carbonyl (C=O) groups excluding carboxylic acids is 1. The topological polar surface area (TPSA) is 50.4 Å². The van der Waals surface area contributed by atoms with Crippen molar-refractivity contribution < 1.29 is 9.53 Å². The lowest BCUT2D eigenvalue weighted by Crippen LogP contribution is -2.46. The Bertz CT molecular complexity index is 203. The van der Waals surface area contributed by atoms with Gasteiger partial charge in [-0.15, -0.1) is 0 Å². The Labute approximate surface area is 98.1 Å². The lowest BCUT2D eigenvalue weighted by atomic mass is 10.2. The molecule has 0 aromatic carbocycles. The van der Waals surface area contributed by atoms with Crippen LogP contribution >= 0.6 is 0 Å². The molecule has 1 atom stereocenters. The minimum atomic E-state index is -0.0781. The van der Waals surface area contributed by atoms with Crippen molar-refractivity contribution in [2.75, 3.05) is 20.3 Å². The predicted octanol–water partition coefficient (Wildman–Crippen LogP) is 1.06. The summed E-state index contributed by atoms with van der Waals surface area (Å²) in [7, 11) is 1.67. The standard InChI is InChI=1S/C12H24N2O2/c1-10(14-11-6-3-4-7-11)12(15)13-8-5-9-16-2/h10-11,14H,3-9H2,1-2H3,(H,13,15). The molecule has 1 fully saturated rings. The number of ether oxygens (including phenoxy) is 1. The van der Waals surface area contributed by atoms with Gasteiger partial charge < -0.3 is 15.4 Å². The maximum atomic E-state index is 11.7. The summed E-state index contributed by atoms with van der Waals surface area (Å²) in [5.41, 5.74) is 0. The molecule has 0 aromatic heterocycles. The van der Waals surface area contributed by atoms with Crippen LogP contribution in [-0.4, -0.2) is 38.3 Å². The lowest BCUT2D eigenvalue weighted by molar-refractivity contribution is -0.122. The van der Waals surface area contributed by atoms with Crippen LogP contribution in [0, 0.1) is 0 Å². The van der Waals surface area contributed by atoms with E-state index in [9.17, 15) is 4.79 Å². The minimum Gasteiger partial charge on any atom is -0.385 e. The Morgan fingerprint density at radius 3 is 2.75 bits per heavy atom. The van der Waals surface area contributed by atoms with E-state index in [4.69, 9.17) is 4.74 Å². The summed E-state index contributed by atoms with van der Waals surface area (Å²) in [6.07, 6.45) is 5.88. The van der Waals surface area contributed by atoms with E-state index in [1.165, 1.54) is 25.7 Å². The molecule has 94 valence electrons. The van der Waals surface area contributed by atoms with E-state index in [1.807, 2.05) is 6.92 Å². The number of rotatable bonds is 7. The summed E-state index contributed by atoms with van der Waals surface area (Å²) in [4.78, 5) is 11.7. The smallest absolute Gasteiger partial charge is 0.236 e. The SMILES string of the molecule is COCCCNC(=O)C(C)NC1CCCC1. The van der Waals surface area contributed by atoms with Gasteiger partial charge in [0.15, 0.2) is 0 Å². The summed E-state index contributed by atoms with van der Waals surface area (Å²) in [6, 6.07) is 0.463. The van der Waals surface area contributed by atoms with Crippen LogP contribution in [-0.2, 0) is 9.53 Å². The van der Waals surface area contributed by atoms with Crippen molar-refractivity contribution >= 4 is 5.91 Å². The molecule has 0 spiro atoms. The number of hydrogen-bond acceptors (Lipinski definition) is 3. The van der Waals surface area contributed by atoms with E-state index in [0.29, 0.717) is 19.2 Å². The molecule has 16 heavy (non-hydrogen) atoms. The molecular formula is C12H24N2O2. The molecule has 4 heteroatoms. The second-order valence-corrected chi connectivity index (χ2v) is 4.51. The van der Waals surface area contributed by atoms with Crippen molar-refractivity contribution in [2.24, 2.45) is 0 Å². The fourth-order valence-corrected chi connectivity index (χ4v) is 2.10. The fraction of sp³-hybridized carbons (Fsp3) is 0.917. The van der Waals surface area contributed by atoms with Gasteiger partial charge in [-0.2, -0.15) is 0 Å². The highest BCUT2D eigenvalue weighted by molar-refractivity contribution is 5.81. The first-order valence-electron chi connectivity index (χ1n) is 6.26. The third-order valence-electron chi connectivity index (χ3n) is 3.06. The van der Waals surface area contributed by atoms with Gasteiger partial charge in [0.05, 0.1) is 6.04 Å². The molecule has 1 amide bonds. The first-order valence-corrected chi connectivity index (χ1v) is 6.26. The average Bonchev–Trinajstić information content (AvgIpc) is 2.76. The zero-order valence-corrected chi connectivity index (χ0v) is 10.4. The molecule has 1 rings (SSSR count). The minimum absolute atomic E-state index is 0.0781. The Morgan fingerprint density at radius 2 is 2.12 bits per heavy atom. The van der Waals surface area contributed by atoms with Gasteiger partial charge in [0, 0.05) is 26.3 Å². The zero-order chi connectivity index (χ0) is 11.8. The van der Waals surface area contributed by atoms with Gasteiger partial charge in [0.25, 0.3) is 0 Å². The maximum absolute atomic E-state index is 11.7. The highest BCUT2D eigenvalue weighted by atomic mass is 16.5. The molecule has 0 saturated heterocycles. The summed E-state index contributed by atoms with van der Waals surface area (Å²) in [5.74, 6) is 0.100. The van der Waals surface area contributed by atoms with E-state index in [2.05, 4.69) is 10.6 Å². The number of nitrogens with one attached hydrogen (secondary N) is 2. The average molecular weight is 228 g/mol. The molecule has 1 aliphatic carbocycles. The molecule has 0 aliphatic heterocycles. The first-order chi connectivity index (χ1) is 7.74. The van der Waals surface area contributed by atoms with Crippen LogP contribution in [0.25, 0.3) is 0 Å². The Hall–Kier alpha value is -0.610. The number of hydrogen-bond donors (Lipinski definition) is 2. The van der Waals surface area contributed by atoms with Gasteiger partial charge in [-0.05, 0) is 26.2 Å². The first kappa shape index (κ1) is 13.5. The predicted molar refractivity (Wildman–Crippen MR) is 64.4 cm³/mol. The van der Waals surface area contributed by atoms with Crippen LogP contribution in [0.5, 0.6) is 0 Å². The molecule has 4 nitrogen and oxygen atoms in total. The molecule has 1 saturated carbocycles. The summed E-state index contributed by atoms with van der Waals surface area (Å²) >= 11 is 0. The van der Waals surface area contributed by atoms with Gasteiger partial charge in [0.2, 0.25) is 5.91 Å². The van der Waals surface area contributed by atoms with Crippen molar-refractivity contribution in [1.82, 2.24) is 10.6 Å². The number of methoxy groups -OCH3 is 1. The van der Waals surface area contributed by atoms with Crippen LogP contribution < -0.4 is 10.6 Å². The van der Waals surface area contributed by atoms with Gasteiger partial charge in [-0.1, -0.05) is 12.8 Å². The molecule has 1 unspecified atom stereocenters. The molecule has 1 aliphatic rings. The maximum Gasteiger partial charge on any atom is 0.236 e. The van der Waals surface area contributed by atoms with Crippen molar-refractivity contribution in [1.29, 1.82) is 0 Å². The second-order valence-electron chi connectivity index (χ2n) is 4.51. The quantitative estimate of drug-likeness (QED) is 0.641. The lowest BCUT2D eigenvalue weighted by Gasteiger charge is -2.18. The Kier molecular flexibility index (Phi) is 6.42. The molecule has 0 aromatic rings. The molecule has 2 N–H and O–H groups in total. The van der Waals surface area contributed by atoms with Crippen molar-refractivity contribution in [3.63, 3.8) is 0 Å². The van der Waals surface area contributed by atoms with Crippen LogP contribution in [0.2, 0.25) is 0 Å². The number of amides is 1. The van der Waals surface area contributed by atoms with Gasteiger partial charge in [-0.3, -0.25) is 4.79 Å². The van der Waals surface area contributed by atoms with Gasteiger partial charge in [0.1, 0.15) is 0 Å². The molecular weight excluding hydrogens is 204 g/mol. The van der Waals surface area contributed by atoms with E-state index < -0.39 is 0 Å². The number of carbonyl (C=O) groups is 1. The monoisotopic (exact) mass is 228 g/mol. The van der Waals surface area contributed by atoms with Crippen LogP contribution in [0.3, 0.4) is 0 Å². The summed E-state index contributed by atoms with van der Waals surface area (Å²) in [6.45, 7) is 3.33. The van der Waals surface area contributed by atoms with E-state index >= 15 is 0 Å².